The van der Waals surface area contributed by atoms with Gasteiger partial charge in [-0.1, -0.05) is 68.3 Å². The van der Waals surface area contributed by atoms with Crippen LogP contribution in [0.2, 0.25) is 0 Å². The van der Waals surface area contributed by atoms with E-state index < -0.39 is 0 Å². The van der Waals surface area contributed by atoms with Crippen LogP contribution in [0.25, 0.3) is 11.3 Å². The molecule has 6 nitrogen and oxygen atoms in total. The molecule has 2 aromatic carbocycles. The number of para-hydroxylation sites is 1. The molecule has 0 saturated heterocycles. The zero-order chi connectivity index (χ0) is 22.8. The second-order valence-electron chi connectivity index (χ2n) is 8.06. The molecular formula is C26H35N3O3. The Morgan fingerprint density at radius 3 is 2.41 bits per heavy atom. The third kappa shape index (κ3) is 6.66. The molecule has 0 saturated carbocycles. The zero-order valence-electron chi connectivity index (χ0n) is 19.4. The number of unbranched alkanes of at least 4 members (excludes halogenated alkanes) is 1. The number of aromatic nitrogens is 2. The van der Waals surface area contributed by atoms with Gasteiger partial charge in [0, 0.05) is 39.4 Å². The van der Waals surface area contributed by atoms with E-state index in [0.717, 1.165) is 41.8 Å². The number of hydrogen-bond donors (Lipinski definition) is 1. The number of rotatable bonds is 13. The van der Waals surface area contributed by atoms with Crippen LogP contribution in [0.5, 0.6) is 11.6 Å². The molecule has 0 amide bonds. The lowest BCUT2D eigenvalue weighted by atomic mass is 10.1. The molecule has 1 heterocycles. The number of benzene rings is 2. The van der Waals surface area contributed by atoms with Crippen molar-refractivity contribution in [1.29, 1.82) is 0 Å². The molecule has 1 atom stereocenters. The summed E-state index contributed by atoms with van der Waals surface area (Å²) in [5.41, 5.74) is 2.94. The largest absolute Gasteiger partial charge is 0.439 e. The molecule has 0 aliphatic rings. The van der Waals surface area contributed by atoms with Crippen molar-refractivity contribution >= 4 is 0 Å². The van der Waals surface area contributed by atoms with Crippen LogP contribution < -0.4 is 4.74 Å². The molecule has 6 heteroatoms. The third-order valence-corrected chi connectivity index (χ3v) is 5.45. The van der Waals surface area contributed by atoms with Crippen LogP contribution in [0.4, 0.5) is 0 Å². The standard InChI is InChI=1S/C26H35N3O3/c1-4-5-14-22(30)19-29(17-18-31-3)20-24-25(21-12-8-6-9-13-21)27-28(2)26(24)32-23-15-10-7-11-16-23/h6-13,15-16,22,30H,4-5,14,17-20H2,1-3H3. The van der Waals surface area contributed by atoms with Gasteiger partial charge in [-0.3, -0.25) is 4.90 Å². The third-order valence-electron chi connectivity index (χ3n) is 5.45. The van der Waals surface area contributed by atoms with Crippen LogP contribution in [0.15, 0.2) is 60.7 Å². The maximum atomic E-state index is 10.6. The van der Waals surface area contributed by atoms with Gasteiger partial charge in [-0.15, -0.1) is 0 Å². The van der Waals surface area contributed by atoms with E-state index in [1.807, 2.05) is 55.6 Å². The Morgan fingerprint density at radius 1 is 1.06 bits per heavy atom. The summed E-state index contributed by atoms with van der Waals surface area (Å²) in [7, 11) is 3.61. The molecule has 1 unspecified atom stereocenters. The highest BCUT2D eigenvalue weighted by atomic mass is 16.5. The average Bonchev–Trinajstić information content (AvgIpc) is 3.12. The Bertz CT molecular complexity index is 928. The van der Waals surface area contributed by atoms with Crippen LogP contribution in [-0.4, -0.2) is 52.7 Å². The Hall–Kier alpha value is -2.67. The van der Waals surface area contributed by atoms with E-state index in [2.05, 4.69) is 24.0 Å². The SMILES string of the molecule is CCCCC(O)CN(CCOC)Cc1c(-c2ccccc2)nn(C)c1Oc1ccccc1. The number of ether oxygens (including phenoxy) is 2. The quantitative estimate of drug-likeness (QED) is 0.413. The van der Waals surface area contributed by atoms with Gasteiger partial charge >= 0.3 is 0 Å². The summed E-state index contributed by atoms with van der Waals surface area (Å²) in [6.45, 7) is 4.64. The van der Waals surface area contributed by atoms with Crippen molar-refractivity contribution in [2.75, 3.05) is 26.8 Å². The molecule has 3 aromatic rings. The van der Waals surface area contributed by atoms with E-state index in [0.29, 0.717) is 32.1 Å². The predicted octanol–water partition coefficient (Wildman–Crippen LogP) is 4.88. The molecular weight excluding hydrogens is 402 g/mol. The van der Waals surface area contributed by atoms with Gasteiger partial charge in [-0.25, -0.2) is 4.68 Å². The van der Waals surface area contributed by atoms with Crippen LogP contribution >= 0.6 is 0 Å². The molecule has 172 valence electrons. The van der Waals surface area contributed by atoms with Crippen LogP contribution in [0.1, 0.15) is 31.7 Å². The van der Waals surface area contributed by atoms with Crippen molar-refractivity contribution in [3.63, 3.8) is 0 Å². The van der Waals surface area contributed by atoms with Gasteiger partial charge in [0.1, 0.15) is 11.4 Å². The Labute approximate surface area is 191 Å². The van der Waals surface area contributed by atoms with E-state index in [9.17, 15) is 5.11 Å². The molecule has 0 radical (unpaired) electrons. The second kappa shape index (κ2) is 12.4. The summed E-state index contributed by atoms with van der Waals surface area (Å²) in [6.07, 6.45) is 2.52. The first-order chi connectivity index (χ1) is 15.6. The van der Waals surface area contributed by atoms with E-state index in [1.165, 1.54) is 0 Å². The molecule has 0 aliphatic heterocycles. The minimum Gasteiger partial charge on any atom is -0.439 e. The lowest BCUT2D eigenvalue weighted by Crippen LogP contribution is -2.34. The monoisotopic (exact) mass is 437 g/mol. The van der Waals surface area contributed by atoms with Crippen LogP contribution in [-0.2, 0) is 18.3 Å². The normalized spacial score (nSPS) is 12.3. The van der Waals surface area contributed by atoms with E-state index in [-0.39, 0.29) is 6.10 Å². The number of aryl methyl sites for hydroxylation is 1. The predicted molar refractivity (Wildman–Crippen MR) is 128 cm³/mol. The summed E-state index contributed by atoms with van der Waals surface area (Å²) in [5.74, 6) is 1.48. The molecule has 0 bridgehead atoms. The van der Waals surface area contributed by atoms with Crippen molar-refractivity contribution in [2.45, 2.75) is 38.8 Å². The minimum absolute atomic E-state index is 0.373. The minimum atomic E-state index is -0.373. The Balaban J connectivity index is 1.94. The highest BCUT2D eigenvalue weighted by Gasteiger charge is 2.23. The first-order valence-corrected chi connectivity index (χ1v) is 11.4. The Morgan fingerprint density at radius 2 is 1.75 bits per heavy atom. The fraction of sp³-hybridized carbons (Fsp3) is 0.423. The molecule has 1 aromatic heterocycles. The summed E-state index contributed by atoms with van der Waals surface area (Å²) >= 11 is 0. The molecule has 0 spiro atoms. The number of nitrogens with zero attached hydrogens (tertiary/aromatic N) is 3. The smallest absolute Gasteiger partial charge is 0.222 e. The van der Waals surface area contributed by atoms with Crippen molar-refractivity contribution in [3.8, 4) is 22.9 Å². The number of aliphatic hydroxyl groups is 1. The van der Waals surface area contributed by atoms with E-state index >= 15 is 0 Å². The lowest BCUT2D eigenvalue weighted by molar-refractivity contribution is 0.0788. The number of aliphatic hydroxyl groups excluding tert-OH is 1. The second-order valence-corrected chi connectivity index (χ2v) is 8.06. The summed E-state index contributed by atoms with van der Waals surface area (Å²) in [4.78, 5) is 2.23. The van der Waals surface area contributed by atoms with Crippen molar-refractivity contribution in [2.24, 2.45) is 7.05 Å². The maximum absolute atomic E-state index is 10.6. The molecule has 0 fully saturated rings. The van der Waals surface area contributed by atoms with Gasteiger partial charge in [0.05, 0.1) is 18.3 Å². The molecule has 32 heavy (non-hydrogen) atoms. The molecule has 1 N–H and O–H groups in total. The summed E-state index contributed by atoms with van der Waals surface area (Å²) in [5, 5.41) is 15.4. The first-order valence-electron chi connectivity index (χ1n) is 11.4. The lowest BCUT2D eigenvalue weighted by Gasteiger charge is -2.25. The van der Waals surface area contributed by atoms with E-state index in [4.69, 9.17) is 14.6 Å². The van der Waals surface area contributed by atoms with Crippen LogP contribution in [0, 0.1) is 0 Å². The van der Waals surface area contributed by atoms with Crippen molar-refractivity contribution < 1.29 is 14.6 Å². The summed E-state index contributed by atoms with van der Waals surface area (Å²) in [6, 6.07) is 19.9. The van der Waals surface area contributed by atoms with Gasteiger partial charge in [0.15, 0.2) is 0 Å². The van der Waals surface area contributed by atoms with Gasteiger partial charge in [0.25, 0.3) is 0 Å². The summed E-state index contributed by atoms with van der Waals surface area (Å²) < 4.78 is 13.4. The number of methoxy groups -OCH3 is 1. The van der Waals surface area contributed by atoms with Gasteiger partial charge in [-0.2, -0.15) is 5.10 Å². The topological polar surface area (TPSA) is 59.8 Å². The fourth-order valence-corrected chi connectivity index (χ4v) is 3.76. The Kier molecular flexibility index (Phi) is 9.28. The van der Waals surface area contributed by atoms with Crippen molar-refractivity contribution in [1.82, 2.24) is 14.7 Å². The van der Waals surface area contributed by atoms with Gasteiger partial charge in [0.2, 0.25) is 5.88 Å². The maximum Gasteiger partial charge on any atom is 0.222 e. The van der Waals surface area contributed by atoms with E-state index in [1.54, 1.807) is 11.8 Å². The highest BCUT2D eigenvalue weighted by Crippen LogP contribution is 2.34. The first kappa shape index (κ1) is 24.0. The highest BCUT2D eigenvalue weighted by molar-refractivity contribution is 5.65. The molecule has 0 aliphatic carbocycles. The van der Waals surface area contributed by atoms with Gasteiger partial charge < -0.3 is 14.6 Å². The fourth-order valence-electron chi connectivity index (χ4n) is 3.76. The average molecular weight is 438 g/mol. The molecule has 3 rings (SSSR count). The van der Waals surface area contributed by atoms with Crippen molar-refractivity contribution in [3.05, 3.63) is 66.2 Å². The van der Waals surface area contributed by atoms with Crippen LogP contribution in [0.3, 0.4) is 0 Å². The zero-order valence-corrected chi connectivity index (χ0v) is 19.4. The number of hydrogen-bond acceptors (Lipinski definition) is 5. The van der Waals surface area contributed by atoms with Gasteiger partial charge in [-0.05, 0) is 18.6 Å².